The van der Waals surface area contributed by atoms with Gasteiger partial charge in [0.1, 0.15) is 23.4 Å². The van der Waals surface area contributed by atoms with Crippen molar-refractivity contribution in [2.75, 3.05) is 12.4 Å². The molecule has 9 heteroatoms. The average molecular weight is 366 g/mol. The van der Waals surface area contributed by atoms with Gasteiger partial charge >= 0.3 is 0 Å². The van der Waals surface area contributed by atoms with Gasteiger partial charge in [0.05, 0.1) is 24.7 Å². The van der Waals surface area contributed by atoms with Gasteiger partial charge in [0.15, 0.2) is 5.65 Å². The number of ether oxygens (including phenoxy) is 1. The predicted octanol–water partition coefficient (Wildman–Crippen LogP) is 2.81. The van der Waals surface area contributed by atoms with Crippen LogP contribution in [0.15, 0.2) is 30.5 Å². The summed E-state index contributed by atoms with van der Waals surface area (Å²) >= 11 is 0. The molecule has 0 bridgehead atoms. The summed E-state index contributed by atoms with van der Waals surface area (Å²) in [6.07, 6.45) is 0.964. The Labute approximate surface area is 152 Å². The molecule has 0 saturated heterocycles. The van der Waals surface area contributed by atoms with Crippen LogP contribution in [0.1, 0.15) is 6.42 Å². The second-order valence-electron chi connectivity index (χ2n) is 6.52. The predicted molar refractivity (Wildman–Crippen MR) is 97.2 cm³/mol. The Morgan fingerprint density at radius 1 is 1.33 bits per heavy atom. The van der Waals surface area contributed by atoms with Gasteiger partial charge in [-0.15, -0.1) is 0 Å². The third kappa shape index (κ3) is 2.59. The number of anilines is 1. The number of pyridine rings is 1. The maximum absolute atomic E-state index is 13.0. The lowest BCUT2D eigenvalue weighted by atomic mass is 10.1. The molecule has 1 aromatic carbocycles. The lowest BCUT2D eigenvalue weighted by Crippen LogP contribution is -2.15. The number of carbonyl (C=O) groups excluding carboxylic acids is 1. The minimum Gasteiger partial charge on any atom is -0.496 e. The molecule has 0 spiro atoms. The van der Waals surface area contributed by atoms with Gasteiger partial charge in [-0.25, -0.2) is 9.37 Å². The molecule has 1 amide bonds. The molecular formula is C18H15FN6O2. The molecular weight excluding hydrogens is 351 g/mol. The van der Waals surface area contributed by atoms with Crippen molar-refractivity contribution in [3.63, 3.8) is 0 Å². The molecule has 0 aliphatic heterocycles. The smallest absolute Gasteiger partial charge is 0.231 e. The number of alkyl halides is 1. The average Bonchev–Trinajstić information content (AvgIpc) is 3.07. The van der Waals surface area contributed by atoms with Crippen LogP contribution in [-0.2, 0) is 4.79 Å². The third-order valence-electron chi connectivity index (χ3n) is 4.74. The molecule has 0 radical (unpaired) electrons. The van der Waals surface area contributed by atoms with Crippen LogP contribution in [0.2, 0.25) is 0 Å². The van der Waals surface area contributed by atoms with Gasteiger partial charge in [0.25, 0.3) is 0 Å². The fourth-order valence-electron chi connectivity index (χ4n) is 3.16. The molecule has 1 fully saturated rings. The zero-order chi connectivity index (χ0) is 18.5. The van der Waals surface area contributed by atoms with E-state index in [0.717, 1.165) is 21.9 Å². The molecule has 2 atom stereocenters. The maximum Gasteiger partial charge on any atom is 0.231 e. The third-order valence-corrected chi connectivity index (χ3v) is 4.74. The van der Waals surface area contributed by atoms with Crippen molar-refractivity contribution < 1.29 is 13.9 Å². The molecule has 1 aliphatic rings. The van der Waals surface area contributed by atoms with Gasteiger partial charge in [0, 0.05) is 22.4 Å². The number of amides is 1. The Kier molecular flexibility index (Phi) is 3.36. The van der Waals surface area contributed by atoms with Crippen molar-refractivity contribution in [1.29, 1.82) is 0 Å². The highest BCUT2D eigenvalue weighted by atomic mass is 19.1. The number of halogens is 1. The summed E-state index contributed by atoms with van der Waals surface area (Å²) in [5.41, 5.74) is 2.87. The topological polar surface area (TPSA) is 109 Å². The molecule has 1 aliphatic carbocycles. The molecule has 4 aromatic rings. The first-order valence-corrected chi connectivity index (χ1v) is 8.45. The lowest BCUT2D eigenvalue weighted by molar-refractivity contribution is -0.117. The van der Waals surface area contributed by atoms with E-state index in [-0.39, 0.29) is 12.3 Å². The van der Waals surface area contributed by atoms with Crippen LogP contribution in [0.3, 0.4) is 0 Å². The zero-order valence-electron chi connectivity index (χ0n) is 14.3. The van der Waals surface area contributed by atoms with Crippen molar-refractivity contribution in [3.05, 3.63) is 30.5 Å². The highest BCUT2D eigenvalue weighted by molar-refractivity contribution is 5.98. The first-order valence-electron chi connectivity index (χ1n) is 8.45. The number of nitrogens with zero attached hydrogens (tertiary/aromatic N) is 3. The summed E-state index contributed by atoms with van der Waals surface area (Å²) < 4.78 is 18.5. The van der Waals surface area contributed by atoms with E-state index in [0.29, 0.717) is 22.9 Å². The number of fused-ring (bicyclic) bond motifs is 2. The molecule has 5 rings (SSSR count). The molecule has 3 heterocycles. The van der Waals surface area contributed by atoms with Crippen LogP contribution in [0.25, 0.3) is 33.2 Å². The SMILES string of the molecule is COc1cc2[nH]ncc2cc1-c1n[nH]c2nc(NC(=O)[C@@H]3C[C@@H]3F)ccc12. The monoisotopic (exact) mass is 366 g/mol. The number of carbonyl (C=O) groups is 1. The minimum atomic E-state index is -1.04. The normalized spacial score (nSPS) is 18.7. The van der Waals surface area contributed by atoms with Crippen LogP contribution in [0, 0.1) is 5.92 Å². The number of rotatable bonds is 4. The van der Waals surface area contributed by atoms with Gasteiger partial charge in [-0.3, -0.25) is 15.0 Å². The van der Waals surface area contributed by atoms with Crippen molar-refractivity contribution in [2.45, 2.75) is 12.6 Å². The second kappa shape index (κ2) is 5.76. The van der Waals surface area contributed by atoms with Crippen LogP contribution in [-0.4, -0.2) is 44.6 Å². The summed E-state index contributed by atoms with van der Waals surface area (Å²) in [4.78, 5) is 16.3. The Morgan fingerprint density at radius 3 is 2.96 bits per heavy atom. The highest BCUT2D eigenvalue weighted by Gasteiger charge is 2.43. The number of hydrogen-bond acceptors (Lipinski definition) is 5. The van der Waals surface area contributed by atoms with E-state index in [1.54, 1.807) is 19.4 Å². The van der Waals surface area contributed by atoms with Crippen LogP contribution < -0.4 is 10.1 Å². The van der Waals surface area contributed by atoms with Gasteiger partial charge in [-0.2, -0.15) is 10.2 Å². The zero-order valence-corrected chi connectivity index (χ0v) is 14.3. The minimum absolute atomic E-state index is 0.276. The van der Waals surface area contributed by atoms with E-state index in [1.165, 1.54) is 0 Å². The maximum atomic E-state index is 13.0. The number of methoxy groups -OCH3 is 1. The Hall–Kier alpha value is -3.49. The van der Waals surface area contributed by atoms with Crippen molar-refractivity contribution in [1.82, 2.24) is 25.4 Å². The Balaban J connectivity index is 1.54. The molecule has 0 unspecified atom stereocenters. The van der Waals surface area contributed by atoms with Gasteiger partial charge in [-0.1, -0.05) is 0 Å². The molecule has 8 nitrogen and oxygen atoms in total. The Bertz CT molecular complexity index is 1180. The van der Waals surface area contributed by atoms with E-state index < -0.39 is 12.1 Å². The second-order valence-corrected chi connectivity index (χ2v) is 6.52. The number of benzene rings is 1. The number of H-pyrrole nitrogens is 2. The molecule has 27 heavy (non-hydrogen) atoms. The van der Waals surface area contributed by atoms with Crippen molar-refractivity contribution in [3.8, 4) is 17.0 Å². The van der Waals surface area contributed by atoms with E-state index in [4.69, 9.17) is 4.74 Å². The van der Waals surface area contributed by atoms with Crippen LogP contribution in [0.5, 0.6) is 5.75 Å². The van der Waals surface area contributed by atoms with Crippen molar-refractivity contribution in [2.24, 2.45) is 5.92 Å². The van der Waals surface area contributed by atoms with E-state index in [9.17, 15) is 9.18 Å². The number of nitrogens with one attached hydrogen (secondary N) is 3. The standard InChI is InChI=1S/C18H15FN6O2/c1-27-14-6-13-8(7-20-23-13)4-11(14)16-9-2-3-15(21-17(9)25-24-16)22-18(26)10-5-12(10)19/h2-4,6-7,10,12H,5H2,1H3,(H,20,23)(H2,21,22,24,25,26)/t10-,12+/m1/s1. The molecule has 136 valence electrons. The van der Waals surface area contributed by atoms with Gasteiger partial charge < -0.3 is 10.1 Å². The van der Waals surface area contributed by atoms with Crippen LogP contribution in [0.4, 0.5) is 10.2 Å². The fourth-order valence-corrected chi connectivity index (χ4v) is 3.16. The first-order chi connectivity index (χ1) is 13.1. The summed E-state index contributed by atoms with van der Waals surface area (Å²) in [5.74, 6) is 0.103. The lowest BCUT2D eigenvalue weighted by Gasteiger charge is -2.07. The van der Waals surface area contributed by atoms with Crippen molar-refractivity contribution >= 4 is 33.7 Å². The molecule has 3 N–H and O–H groups in total. The quantitative estimate of drug-likeness (QED) is 0.515. The summed E-state index contributed by atoms with van der Waals surface area (Å²) in [6.45, 7) is 0. The summed E-state index contributed by atoms with van der Waals surface area (Å²) in [7, 11) is 1.60. The number of aromatic amines is 2. The van der Waals surface area contributed by atoms with Gasteiger partial charge in [0.2, 0.25) is 5.91 Å². The summed E-state index contributed by atoms with van der Waals surface area (Å²) in [6, 6.07) is 7.30. The first kappa shape index (κ1) is 15.7. The van der Waals surface area contributed by atoms with E-state index >= 15 is 0 Å². The molecule has 3 aromatic heterocycles. The number of hydrogen-bond donors (Lipinski definition) is 3. The molecule has 1 saturated carbocycles. The van der Waals surface area contributed by atoms with Crippen LogP contribution >= 0.6 is 0 Å². The Morgan fingerprint density at radius 2 is 2.19 bits per heavy atom. The number of aromatic nitrogens is 5. The van der Waals surface area contributed by atoms with E-state index in [1.807, 2.05) is 18.2 Å². The van der Waals surface area contributed by atoms with Gasteiger partial charge in [-0.05, 0) is 24.6 Å². The fraction of sp³-hybridized carbons (Fsp3) is 0.222. The highest BCUT2D eigenvalue weighted by Crippen LogP contribution is 2.37. The summed E-state index contributed by atoms with van der Waals surface area (Å²) in [5, 5.41) is 18.6. The van der Waals surface area contributed by atoms with E-state index in [2.05, 4.69) is 30.7 Å². The largest absolute Gasteiger partial charge is 0.496 e.